The van der Waals surface area contributed by atoms with Crippen molar-refractivity contribution in [3.8, 4) is 0 Å². The highest BCUT2D eigenvalue weighted by Crippen LogP contribution is 2.37. The Hall–Kier alpha value is -0.250. The van der Waals surface area contributed by atoms with Crippen LogP contribution in [0.5, 0.6) is 0 Å². The van der Waals surface area contributed by atoms with Crippen LogP contribution >= 0.6 is 15.9 Å². The van der Waals surface area contributed by atoms with Crippen LogP contribution in [0, 0.1) is 0 Å². The Labute approximate surface area is 97.4 Å². The van der Waals surface area contributed by atoms with Crippen LogP contribution in [0.1, 0.15) is 40.0 Å². The fourth-order valence-corrected chi connectivity index (χ4v) is 1.86. The van der Waals surface area contributed by atoms with Gasteiger partial charge >= 0.3 is 6.18 Å². The van der Waals surface area contributed by atoms with Crippen molar-refractivity contribution in [3.05, 3.63) is 21.7 Å². The van der Waals surface area contributed by atoms with E-state index in [1.165, 1.54) is 6.08 Å². The monoisotopic (exact) mass is 284 g/mol. The second-order valence-electron chi connectivity index (χ2n) is 3.39. The first kappa shape index (κ1) is 14.8. The molecule has 0 atom stereocenters. The van der Waals surface area contributed by atoms with Gasteiger partial charge in [0.05, 0.1) is 5.57 Å². The van der Waals surface area contributed by atoms with Gasteiger partial charge in [-0.15, -0.1) is 0 Å². The molecule has 0 unspecified atom stereocenters. The maximum atomic E-state index is 12.7. The van der Waals surface area contributed by atoms with E-state index in [-0.39, 0.29) is 4.48 Å². The van der Waals surface area contributed by atoms with Gasteiger partial charge in [0.25, 0.3) is 0 Å². The predicted molar refractivity (Wildman–Crippen MR) is 61.0 cm³/mol. The third-order valence-electron chi connectivity index (χ3n) is 2.11. The molecule has 0 aliphatic rings. The lowest BCUT2D eigenvalue weighted by atomic mass is 10.0. The van der Waals surface area contributed by atoms with E-state index in [2.05, 4.69) is 15.9 Å². The minimum absolute atomic E-state index is 0.128. The molecule has 0 aromatic heterocycles. The standard InChI is InChI=1S/C11H16BrF3/c1-4-6-7-8(3)10(9(12)5-2)11(13,14)15/h5H,4,6-7H2,1-3H3/b9-5+,10-8-. The average Bonchev–Trinajstić information content (AvgIpc) is 2.12. The minimum atomic E-state index is -4.27. The second-order valence-corrected chi connectivity index (χ2v) is 4.25. The summed E-state index contributed by atoms with van der Waals surface area (Å²) in [7, 11) is 0. The summed E-state index contributed by atoms with van der Waals surface area (Å²) in [6.45, 7) is 5.09. The van der Waals surface area contributed by atoms with Crippen LogP contribution in [0.2, 0.25) is 0 Å². The SMILES string of the molecule is C/C=C(Br)\C(=C(/C)CCCC)C(F)(F)F. The van der Waals surface area contributed by atoms with Crippen molar-refractivity contribution in [2.75, 3.05) is 0 Å². The highest BCUT2D eigenvalue weighted by molar-refractivity contribution is 9.12. The van der Waals surface area contributed by atoms with E-state index in [4.69, 9.17) is 0 Å². The first-order chi connectivity index (χ1) is 6.84. The molecule has 0 bridgehead atoms. The molecule has 0 aliphatic carbocycles. The molecule has 88 valence electrons. The number of hydrogen-bond acceptors (Lipinski definition) is 0. The Morgan fingerprint density at radius 1 is 1.33 bits per heavy atom. The van der Waals surface area contributed by atoms with Crippen molar-refractivity contribution in [2.45, 2.75) is 46.2 Å². The summed E-state index contributed by atoms with van der Waals surface area (Å²) in [5.41, 5.74) is -0.132. The van der Waals surface area contributed by atoms with E-state index in [0.29, 0.717) is 12.0 Å². The molecule has 0 amide bonds. The predicted octanol–water partition coefficient (Wildman–Crippen LogP) is 5.35. The number of hydrogen-bond donors (Lipinski definition) is 0. The lowest BCUT2D eigenvalue weighted by Crippen LogP contribution is -2.14. The molecule has 0 heterocycles. The molecular formula is C11H16BrF3. The fourth-order valence-electron chi connectivity index (χ4n) is 1.29. The minimum Gasteiger partial charge on any atom is -0.166 e. The maximum Gasteiger partial charge on any atom is 0.417 e. The summed E-state index contributed by atoms with van der Waals surface area (Å²) in [6, 6.07) is 0. The molecule has 0 rings (SSSR count). The summed E-state index contributed by atoms with van der Waals surface area (Å²) in [5.74, 6) is 0. The summed E-state index contributed by atoms with van der Waals surface area (Å²) in [6.07, 6.45) is -0.666. The molecule has 15 heavy (non-hydrogen) atoms. The third kappa shape index (κ3) is 4.87. The topological polar surface area (TPSA) is 0 Å². The molecule has 0 radical (unpaired) electrons. The normalized spacial score (nSPS) is 15.3. The second kappa shape index (κ2) is 6.36. The lowest BCUT2D eigenvalue weighted by molar-refractivity contribution is -0.0894. The van der Waals surface area contributed by atoms with Gasteiger partial charge < -0.3 is 0 Å². The number of unbranched alkanes of at least 4 members (excludes halogenated alkanes) is 1. The number of allylic oxidation sites excluding steroid dienone is 4. The smallest absolute Gasteiger partial charge is 0.166 e. The van der Waals surface area contributed by atoms with Crippen LogP contribution in [0.3, 0.4) is 0 Å². The van der Waals surface area contributed by atoms with Gasteiger partial charge in [-0.05, 0) is 26.7 Å². The Balaban J connectivity index is 5.09. The van der Waals surface area contributed by atoms with Crippen molar-refractivity contribution >= 4 is 15.9 Å². The summed E-state index contributed by atoms with van der Waals surface area (Å²) >= 11 is 2.95. The zero-order valence-electron chi connectivity index (χ0n) is 9.21. The van der Waals surface area contributed by atoms with Crippen LogP contribution < -0.4 is 0 Å². The molecule has 0 N–H and O–H groups in total. The first-order valence-corrected chi connectivity index (χ1v) is 5.73. The summed E-state index contributed by atoms with van der Waals surface area (Å²) in [5, 5.41) is 0. The van der Waals surface area contributed by atoms with E-state index in [0.717, 1.165) is 12.8 Å². The van der Waals surface area contributed by atoms with E-state index < -0.39 is 11.7 Å². The molecule has 0 saturated carbocycles. The largest absolute Gasteiger partial charge is 0.417 e. The van der Waals surface area contributed by atoms with E-state index in [9.17, 15) is 13.2 Å². The van der Waals surface area contributed by atoms with Crippen molar-refractivity contribution < 1.29 is 13.2 Å². The molecule has 0 fully saturated rings. The van der Waals surface area contributed by atoms with Gasteiger partial charge in [-0.1, -0.05) is 40.9 Å². The van der Waals surface area contributed by atoms with Crippen LogP contribution in [0.25, 0.3) is 0 Å². The van der Waals surface area contributed by atoms with Crippen molar-refractivity contribution in [1.82, 2.24) is 0 Å². The van der Waals surface area contributed by atoms with Crippen LogP contribution in [0.4, 0.5) is 13.2 Å². The maximum absolute atomic E-state index is 12.7. The molecule has 0 aromatic rings. The van der Waals surface area contributed by atoms with E-state index in [1.807, 2.05) is 6.92 Å². The summed E-state index contributed by atoms with van der Waals surface area (Å²) < 4.78 is 38.2. The number of halogens is 4. The Morgan fingerprint density at radius 3 is 2.20 bits per heavy atom. The molecular weight excluding hydrogens is 269 g/mol. The molecule has 0 nitrogen and oxygen atoms in total. The van der Waals surface area contributed by atoms with Crippen molar-refractivity contribution in [3.63, 3.8) is 0 Å². The fraction of sp³-hybridized carbons (Fsp3) is 0.636. The molecule has 0 saturated heterocycles. The Kier molecular flexibility index (Phi) is 6.25. The number of alkyl halides is 3. The third-order valence-corrected chi connectivity index (χ3v) is 2.96. The molecule has 0 spiro atoms. The van der Waals surface area contributed by atoms with Crippen molar-refractivity contribution in [1.29, 1.82) is 0 Å². The van der Waals surface area contributed by atoms with Crippen LogP contribution in [-0.4, -0.2) is 6.18 Å². The number of rotatable bonds is 4. The van der Waals surface area contributed by atoms with E-state index in [1.54, 1.807) is 13.8 Å². The van der Waals surface area contributed by atoms with Gasteiger partial charge in [0.1, 0.15) is 0 Å². The summed E-state index contributed by atoms with van der Waals surface area (Å²) in [4.78, 5) is 0. The molecule has 0 aliphatic heterocycles. The zero-order chi connectivity index (χ0) is 12.1. The highest BCUT2D eigenvalue weighted by Gasteiger charge is 2.36. The van der Waals surface area contributed by atoms with Gasteiger partial charge in [0.15, 0.2) is 0 Å². The quantitative estimate of drug-likeness (QED) is 0.610. The average molecular weight is 285 g/mol. The zero-order valence-corrected chi connectivity index (χ0v) is 10.8. The van der Waals surface area contributed by atoms with Gasteiger partial charge in [-0.3, -0.25) is 0 Å². The highest BCUT2D eigenvalue weighted by atomic mass is 79.9. The Morgan fingerprint density at radius 2 is 1.87 bits per heavy atom. The van der Waals surface area contributed by atoms with Gasteiger partial charge in [-0.25, -0.2) is 0 Å². The Bertz CT molecular complexity index is 261. The van der Waals surface area contributed by atoms with Crippen LogP contribution in [0.15, 0.2) is 21.7 Å². The lowest BCUT2D eigenvalue weighted by Gasteiger charge is -2.15. The molecule has 0 aromatic carbocycles. The van der Waals surface area contributed by atoms with Crippen molar-refractivity contribution in [2.24, 2.45) is 0 Å². The first-order valence-electron chi connectivity index (χ1n) is 4.93. The van der Waals surface area contributed by atoms with Gasteiger partial charge in [-0.2, -0.15) is 13.2 Å². The molecule has 4 heteroatoms. The van der Waals surface area contributed by atoms with E-state index >= 15 is 0 Å². The van der Waals surface area contributed by atoms with Gasteiger partial charge in [0, 0.05) is 4.48 Å². The van der Waals surface area contributed by atoms with Gasteiger partial charge in [0.2, 0.25) is 0 Å². The van der Waals surface area contributed by atoms with Crippen LogP contribution in [-0.2, 0) is 0 Å².